The predicted octanol–water partition coefficient (Wildman–Crippen LogP) is 5.01. The summed E-state index contributed by atoms with van der Waals surface area (Å²) in [6.07, 6.45) is 0.642. The third-order valence-electron chi connectivity index (χ3n) is 4.52. The van der Waals surface area contributed by atoms with E-state index in [9.17, 15) is 9.59 Å². The average Bonchev–Trinajstić information content (AvgIpc) is 3.06. The van der Waals surface area contributed by atoms with Crippen LogP contribution in [0.5, 0.6) is 0 Å². The Kier molecular flexibility index (Phi) is 5.64. The lowest BCUT2D eigenvalue weighted by molar-refractivity contribution is -0.114. The molecule has 5 nitrogen and oxygen atoms in total. The van der Waals surface area contributed by atoms with Gasteiger partial charge in [0.1, 0.15) is 5.76 Å². The summed E-state index contributed by atoms with van der Waals surface area (Å²) in [6, 6.07) is 14.8. The number of anilines is 2. The number of aryl methyl sites for hydroxylation is 3. The monoisotopic (exact) mass is 376 g/mol. The standard InChI is InChI=1S/C23H24N2O3/c1-14-10-15(2)21(16(3)11-14)13-20-8-9-22(28-20)23(27)25-19-7-5-6-18(12-19)24-17(4)26/h5-12H,13H2,1-4H3,(H,24,26)(H,25,27). The fourth-order valence-corrected chi connectivity index (χ4v) is 3.33. The van der Waals surface area contributed by atoms with Gasteiger partial charge in [0.2, 0.25) is 5.91 Å². The van der Waals surface area contributed by atoms with Crippen molar-refractivity contribution in [2.45, 2.75) is 34.1 Å². The first-order valence-electron chi connectivity index (χ1n) is 9.16. The van der Waals surface area contributed by atoms with E-state index in [2.05, 4.69) is 43.5 Å². The van der Waals surface area contributed by atoms with Crippen LogP contribution in [-0.2, 0) is 11.2 Å². The predicted molar refractivity (Wildman–Crippen MR) is 111 cm³/mol. The minimum absolute atomic E-state index is 0.166. The zero-order valence-corrected chi connectivity index (χ0v) is 16.6. The first kappa shape index (κ1) is 19.4. The Labute approximate surface area is 164 Å². The number of amides is 2. The molecule has 0 saturated heterocycles. The highest BCUT2D eigenvalue weighted by Gasteiger charge is 2.14. The van der Waals surface area contributed by atoms with Gasteiger partial charge in [0.15, 0.2) is 5.76 Å². The van der Waals surface area contributed by atoms with Gasteiger partial charge in [-0.15, -0.1) is 0 Å². The molecule has 0 radical (unpaired) electrons. The molecule has 1 aromatic heterocycles. The van der Waals surface area contributed by atoms with Crippen LogP contribution in [0.4, 0.5) is 11.4 Å². The first-order chi connectivity index (χ1) is 13.3. The Hall–Kier alpha value is -3.34. The van der Waals surface area contributed by atoms with Crippen molar-refractivity contribution in [3.63, 3.8) is 0 Å². The van der Waals surface area contributed by atoms with Crippen molar-refractivity contribution >= 4 is 23.2 Å². The molecule has 0 unspecified atom stereocenters. The molecule has 0 bridgehead atoms. The van der Waals surface area contributed by atoms with Crippen molar-refractivity contribution in [3.8, 4) is 0 Å². The maximum Gasteiger partial charge on any atom is 0.291 e. The second-order valence-corrected chi connectivity index (χ2v) is 7.04. The molecule has 0 fully saturated rings. The van der Waals surface area contributed by atoms with Gasteiger partial charge in [0, 0.05) is 24.7 Å². The van der Waals surface area contributed by atoms with E-state index in [0.717, 1.165) is 5.76 Å². The summed E-state index contributed by atoms with van der Waals surface area (Å²) in [4.78, 5) is 23.7. The average molecular weight is 376 g/mol. The molecule has 3 rings (SSSR count). The van der Waals surface area contributed by atoms with Crippen LogP contribution in [-0.4, -0.2) is 11.8 Å². The number of carbonyl (C=O) groups excluding carboxylic acids is 2. The highest BCUT2D eigenvalue weighted by Crippen LogP contribution is 2.22. The van der Waals surface area contributed by atoms with Gasteiger partial charge >= 0.3 is 0 Å². The largest absolute Gasteiger partial charge is 0.456 e. The van der Waals surface area contributed by atoms with Crippen molar-refractivity contribution < 1.29 is 14.0 Å². The van der Waals surface area contributed by atoms with Gasteiger partial charge in [-0.25, -0.2) is 0 Å². The Morgan fingerprint density at radius 2 is 1.54 bits per heavy atom. The second-order valence-electron chi connectivity index (χ2n) is 7.04. The number of carbonyl (C=O) groups is 2. The van der Waals surface area contributed by atoms with Gasteiger partial charge in [0.25, 0.3) is 5.91 Å². The molecule has 3 aromatic rings. The second kappa shape index (κ2) is 8.13. The van der Waals surface area contributed by atoms with Gasteiger partial charge in [-0.05, 0) is 67.8 Å². The zero-order valence-electron chi connectivity index (χ0n) is 16.6. The number of hydrogen-bond acceptors (Lipinski definition) is 3. The van der Waals surface area contributed by atoms with Crippen molar-refractivity contribution in [1.82, 2.24) is 0 Å². The summed E-state index contributed by atoms with van der Waals surface area (Å²) in [5.41, 5.74) is 6.09. The first-order valence-corrected chi connectivity index (χ1v) is 9.16. The molecule has 2 amide bonds. The van der Waals surface area contributed by atoms with Gasteiger partial charge in [-0.2, -0.15) is 0 Å². The van der Waals surface area contributed by atoms with Crippen LogP contribution in [0, 0.1) is 20.8 Å². The zero-order chi connectivity index (χ0) is 20.3. The quantitative estimate of drug-likeness (QED) is 0.658. The summed E-state index contributed by atoms with van der Waals surface area (Å²) < 4.78 is 5.77. The summed E-state index contributed by atoms with van der Waals surface area (Å²) >= 11 is 0. The van der Waals surface area contributed by atoms with Crippen LogP contribution in [0.2, 0.25) is 0 Å². The van der Waals surface area contributed by atoms with E-state index < -0.39 is 0 Å². The Bertz CT molecular complexity index is 1010. The van der Waals surface area contributed by atoms with Gasteiger partial charge in [0.05, 0.1) is 0 Å². The van der Waals surface area contributed by atoms with E-state index >= 15 is 0 Å². The van der Waals surface area contributed by atoms with Crippen LogP contribution < -0.4 is 10.6 Å². The minimum atomic E-state index is -0.330. The number of hydrogen-bond donors (Lipinski definition) is 2. The molecular formula is C23H24N2O3. The van der Waals surface area contributed by atoms with E-state index in [0.29, 0.717) is 17.8 Å². The Morgan fingerprint density at radius 1 is 0.893 bits per heavy atom. The Morgan fingerprint density at radius 3 is 2.18 bits per heavy atom. The van der Waals surface area contributed by atoms with Gasteiger partial charge < -0.3 is 15.1 Å². The molecular weight excluding hydrogens is 352 g/mol. The SMILES string of the molecule is CC(=O)Nc1cccc(NC(=O)c2ccc(Cc3c(C)cc(C)cc3C)o2)c1. The van der Waals surface area contributed by atoms with Crippen molar-refractivity contribution in [2.24, 2.45) is 0 Å². The lowest BCUT2D eigenvalue weighted by Crippen LogP contribution is -2.11. The number of benzene rings is 2. The summed E-state index contributed by atoms with van der Waals surface area (Å²) in [5, 5.41) is 5.49. The number of rotatable bonds is 5. The van der Waals surface area contributed by atoms with Gasteiger partial charge in [-0.1, -0.05) is 23.8 Å². The van der Waals surface area contributed by atoms with E-state index in [1.165, 1.54) is 29.2 Å². The minimum Gasteiger partial charge on any atom is -0.456 e. The lowest BCUT2D eigenvalue weighted by atomic mass is 9.97. The van der Waals surface area contributed by atoms with Crippen LogP contribution in [0.3, 0.4) is 0 Å². The van der Waals surface area contributed by atoms with Gasteiger partial charge in [-0.3, -0.25) is 9.59 Å². The maximum atomic E-state index is 12.5. The van der Waals surface area contributed by atoms with Crippen molar-refractivity contribution in [3.05, 3.63) is 82.3 Å². The van der Waals surface area contributed by atoms with E-state index in [-0.39, 0.29) is 17.6 Å². The molecule has 0 saturated carbocycles. The van der Waals surface area contributed by atoms with Crippen molar-refractivity contribution in [2.75, 3.05) is 10.6 Å². The maximum absolute atomic E-state index is 12.5. The molecule has 0 spiro atoms. The fourth-order valence-electron chi connectivity index (χ4n) is 3.33. The van der Waals surface area contributed by atoms with E-state index in [4.69, 9.17) is 4.42 Å². The van der Waals surface area contributed by atoms with Crippen LogP contribution in [0.15, 0.2) is 52.9 Å². The fraction of sp³-hybridized carbons (Fsp3) is 0.217. The topological polar surface area (TPSA) is 71.3 Å². The summed E-state index contributed by atoms with van der Waals surface area (Å²) in [7, 11) is 0. The molecule has 28 heavy (non-hydrogen) atoms. The molecule has 0 atom stereocenters. The highest BCUT2D eigenvalue weighted by atomic mass is 16.3. The van der Waals surface area contributed by atoms with Crippen LogP contribution in [0.1, 0.15) is 45.5 Å². The molecule has 0 aliphatic rings. The molecule has 5 heteroatoms. The molecule has 1 heterocycles. The van der Waals surface area contributed by atoms with Crippen molar-refractivity contribution in [1.29, 1.82) is 0 Å². The normalized spacial score (nSPS) is 10.6. The third kappa shape index (κ3) is 4.68. The third-order valence-corrected chi connectivity index (χ3v) is 4.52. The highest BCUT2D eigenvalue weighted by molar-refractivity contribution is 6.02. The number of furan rings is 1. The summed E-state index contributed by atoms with van der Waals surface area (Å²) in [5.74, 6) is 0.499. The molecule has 0 aliphatic heterocycles. The van der Waals surface area contributed by atoms with Crippen LogP contribution in [0.25, 0.3) is 0 Å². The number of nitrogens with one attached hydrogen (secondary N) is 2. The molecule has 2 aromatic carbocycles. The van der Waals surface area contributed by atoms with E-state index in [1.807, 2.05) is 6.07 Å². The van der Waals surface area contributed by atoms with E-state index in [1.54, 1.807) is 30.3 Å². The molecule has 144 valence electrons. The smallest absolute Gasteiger partial charge is 0.291 e. The Balaban J connectivity index is 1.72. The van der Waals surface area contributed by atoms with Crippen LogP contribution >= 0.6 is 0 Å². The lowest BCUT2D eigenvalue weighted by Gasteiger charge is -2.10. The molecule has 2 N–H and O–H groups in total. The molecule has 0 aliphatic carbocycles. The summed E-state index contributed by atoms with van der Waals surface area (Å²) in [6.45, 7) is 7.70.